The van der Waals surface area contributed by atoms with Crippen molar-refractivity contribution >= 4 is 11.4 Å². The van der Waals surface area contributed by atoms with Gasteiger partial charge in [-0.25, -0.2) is 4.70 Å². The summed E-state index contributed by atoms with van der Waals surface area (Å²) in [6.45, 7) is 13.6. The molecule has 0 atom stereocenters. The van der Waals surface area contributed by atoms with Crippen LogP contribution < -0.4 is 0 Å². The molecule has 0 bridgehead atoms. The van der Waals surface area contributed by atoms with Crippen molar-refractivity contribution in [3.8, 4) is 0 Å². The van der Waals surface area contributed by atoms with E-state index in [0.29, 0.717) is 0 Å². The number of hydrogen-bond donors (Lipinski definition) is 0. The second kappa shape index (κ2) is 19.0. The first-order valence-corrected chi connectivity index (χ1v) is 18.2. The lowest BCUT2D eigenvalue weighted by Gasteiger charge is -2.15. The Bertz CT molecular complexity index is 1170. The summed E-state index contributed by atoms with van der Waals surface area (Å²) in [6, 6.07) is 14.4. The molecule has 1 aliphatic rings. The summed E-state index contributed by atoms with van der Waals surface area (Å²) < 4.78 is 1.59. The highest BCUT2D eigenvalue weighted by atomic mass is 15.2. The highest BCUT2D eigenvalue weighted by Crippen LogP contribution is 2.43. The fourth-order valence-electron chi connectivity index (χ4n) is 6.71. The number of rotatable bonds is 21. The fraction of sp³-hybridized carbons (Fsp3) is 0.610. The molecule has 3 rings (SSSR count). The number of aryl methyl sites for hydroxylation is 4. The normalized spacial score (nSPS) is 13.6. The molecule has 2 aromatic rings. The molecule has 0 N–H and O–H groups in total. The molecule has 1 heterocycles. The van der Waals surface area contributed by atoms with Crippen molar-refractivity contribution in [2.75, 3.05) is 0 Å². The summed E-state index contributed by atoms with van der Waals surface area (Å²) in [7, 11) is 0. The zero-order valence-electron chi connectivity index (χ0n) is 28.8. The highest BCUT2D eigenvalue weighted by Gasteiger charge is 2.34. The molecule has 0 amide bonds. The van der Waals surface area contributed by atoms with Gasteiger partial charge in [0, 0.05) is 22.3 Å². The van der Waals surface area contributed by atoms with E-state index in [9.17, 15) is 5.53 Å². The van der Waals surface area contributed by atoms with E-state index in [1.54, 1.807) is 4.70 Å². The van der Waals surface area contributed by atoms with E-state index in [0.717, 1.165) is 56.3 Å². The van der Waals surface area contributed by atoms with Crippen LogP contribution in [-0.2, 0) is 25.7 Å². The van der Waals surface area contributed by atoms with E-state index in [-0.39, 0.29) is 0 Å². The van der Waals surface area contributed by atoms with Crippen LogP contribution in [0.2, 0.25) is 0 Å². The number of unbranched alkanes of at least 4 members (excludes halogenated alkanes) is 9. The van der Waals surface area contributed by atoms with Crippen molar-refractivity contribution in [1.29, 1.82) is 0 Å². The third-order valence-electron chi connectivity index (χ3n) is 9.23. The van der Waals surface area contributed by atoms with Gasteiger partial charge < -0.3 is 5.53 Å². The molecule has 0 spiro atoms. The molecule has 236 valence electrons. The summed E-state index contributed by atoms with van der Waals surface area (Å²) in [5.41, 5.74) is 24.8. The van der Waals surface area contributed by atoms with Crippen LogP contribution in [0, 0.1) is 0 Å². The van der Waals surface area contributed by atoms with Gasteiger partial charge in [-0.1, -0.05) is 105 Å². The number of benzene rings is 2. The minimum absolute atomic E-state index is 0.999. The third kappa shape index (κ3) is 10.3. The molecular weight excluding hydrogens is 520 g/mol. The van der Waals surface area contributed by atoms with Crippen molar-refractivity contribution in [2.24, 2.45) is 0 Å². The minimum atomic E-state index is 0.999. The van der Waals surface area contributed by atoms with E-state index < -0.39 is 0 Å². The van der Waals surface area contributed by atoms with Gasteiger partial charge in [-0.15, -0.1) is 0 Å². The summed E-state index contributed by atoms with van der Waals surface area (Å²) in [4.78, 5) is 0. The predicted molar refractivity (Wildman–Crippen MR) is 188 cm³/mol. The Kier molecular flexibility index (Phi) is 15.5. The lowest BCUT2D eigenvalue weighted by Crippen LogP contribution is -2.05. The fourth-order valence-corrected chi connectivity index (χ4v) is 6.71. The minimum Gasteiger partial charge on any atom is -0.493 e. The van der Waals surface area contributed by atoms with E-state index in [1.165, 1.54) is 122 Å². The Morgan fingerprint density at radius 2 is 0.791 bits per heavy atom. The van der Waals surface area contributed by atoms with Crippen LogP contribution in [0.1, 0.15) is 171 Å². The first-order chi connectivity index (χ1) is 21.0. The number of nitrogens with zero attached hydrogens (tertiary/aromatic N) is 2. The summed E-state index contributed by atoms with van der Waals surface area (Å²) in [6.07, 6.45) is 22.7. The van der Waals surface area contributed by atoms with Crippen molar-refractivity contribution in [3.05, 3.63) is 86.5 Å². The molecule has 0 radical (unpaired) electrons. The Hall–Kier alpha value is -2.48. The van der Waals surface area contributed by atoms with Gasteiger partial charge in [-0.05, 0) is 118 Å². The molecule has 1 aliphatic heterocycles. The second-order valence-corrected chi connectivity index (χ2v) is 13.1. The Morgan fingerprint density at radius 1 is 0.442 bits per heavy atom. The van der Waals surface area contributed by atoms with Crippen LogP contribution in [0.5, 0.6) is 0 Å². The highest BCUT2D eigenvalue weighted by molar-refractivity contribution is 5.82. The van der Waals surface area contributed by atoms with Gasteiger partial charge >= 0.3 is 0 Å². The van der Waals surface area contributed by atoms with Crippen molar-refractivity contribution < 1.29 is 4.70 Å². The molecule has 0 saturated heterocycles. The van der Waals surface area contributed by atoms with Crippen LogP contribution in [0.15, 0.2) is 47.5 Å². The van der Waals surface area contributed by atoms with Crippen LogP contribution in [0.25, 0.3) is 16.9 Å². The average molecular weight is 583 g/mol. The maximum absolute atomic E-state index is 12.1. The van der Waals surface area contributed by atoms with Crippen LogP contribution in [0.4, 0.5) is 0 Å². The van der Waals surface area contributed by atoms with Gasteiger partial charge in [0.1, 0.15) is 0 Å². The zero-order valence-corrected chi connectivity index (χ0v) is 28.8. The molecule has 2 heteroatoms. The average Bonchev–Trinajstić information content (AvgIpc) is 3.25. The molecule has 0 aromatic heterocycles. The molecule has 0 aliphatic carbocycles. The lowest BCUT2D eigenvalue weighted by molar-refractivity contribution is -0.345. The number of allylic oxidation sites excluding steroid dienone is 2. The van der Waals surface area contributed by atoms with Crippen LogP contribution in [0.3, 0.4) is 0 Å². The first-order valence-electron chi connectivity index (χ1n) is 18.2. The Morgan fingerprint density at radius 3 is 1.14 bits per heavy atom. The van der Waals surface area contributed by atoms with E-state index in [2.05, 4.69) is 77.9 Å². The standard InChI is InChI=1S/C41H62N2/c1-7-12-17-21-33-26-34(22-18-13-8-2)29-37(28-33)40-32(6)39(25-16-11-5)41(43(40)42)38-30-35(23-19-14-9-3)27-36(31-38)24-20-15-10-4/h26-31H,7-25H2,1-6H3. The van der Waals surface area contributed by atoms with Gasteiger partial charge in [-0.2, -0.15) is 0 Å². The molecule has 2 nitrogen and oxygen atoms in total. The maximum Gasteiger partial charge on any atom is 0.211 e. The SMILES string of the molecule is CCCCCc1cc(CCCCC)cc(C2=C(C)C(CCCC)=C(c3cc(CCCCC)cc(CCCCC)c3)[N+]2=[N-])c1. The Balaban J connectivity index is 2.07. The topological polar surface area (TPSA) is 25.3 Å². The van der Waals surface area contributed by atoms with Gasteiger partial charge in [0.05, 0.1) is 0 Å². The van der Waals surface area contributed by atoms with E-state index in [1.807, 2.05) is 0 Å². The summed E-state index contributed by atoms with van der Waals surface area (Å²) in [5, 5.41) is 0. The lowest BCUT2D eigenvalue weighted by atomic mass is 9.92. The van der Waals surface area contributed by atoms with Crippen molar-refractivity contribution in [2.45, 2.75) is 164 Å². The van der Waals surface area contributed by atoms with E-state index >= 15 is 0 Å². The van der Waals surface area contributed by atoms with Crippen LogP contribution >= 0.6 is 0 Å². The van der Waals surface area contributed by atoms with Gasteiger partial charge in [0.25, 0.3) is 0 Å². The molecule has 0 unspecified atom stereocenters. The zero-order chi connectivity index (χ0) is 31.0. The van der Waals surface area contributed by atoms with Gasteiger partial charge in [-0.3, -0.25) is 0 Å². The second-order valence-electron chi connectivity index (χ2n) is 13.1. The summed E-state index contributed by atoms with van der Waals surface area (Å²) in [5.74, 6) is 0. The quantitative estimate of drug-likeness (QED) is 0.103. The van der Waals surface area contributed by atoms with Crippen molar-refractivity contribution in [3.63, 3.8) is 0 Å². The molecule has 43 heavy (non-hydrogen) atoms. The summed E-state index contributed by atoms with van der Waals surface area (Å²) >= 11 is 0. The van der Waals surface area contributed by atoms with Crippen molar-refractivity contribution in [1.82, 2.24) is 0 Å². The van der Waals surface area contributed by atoms with Gasteiger partial charge in [0.2, 0.25) is 11.4 Å². The predicted octanol–water partition coefficient (Wildman–Crippen LogP) is 13.0. The Labute approximate surface area is 265 Å². The molecular formula is C41H62N2. The molecule has 0 saturated carbocycles. The van der Waals surface area contributed by atoms with Gasteiger partial charge in [0.15, 0.2) is 0 Å². The first kappa shape index (κ1) is 35.0. The maximum atomic E-state index is 12.1. The number of hydrogen-bond acceptors (Lipinski definition) is 0. The monoisotopic (exact) mass is 582 g/mol. The molecule has 2 aromatic carbocycles. The van der Waals surface area contributed by atoms with E-state index in [4.69, 9.17) is 0 Å². The molecule has 0 fully saturated rings. The third-order valence-corrected chi connectivity index (χ3v) is 9.23. The van der Waals surface area contributed by atoms with Crippen LogP contribution in [-0.4, -0.2) is 4.70 Å². The smallest absolute Gasteiger partial charge is 0.211 e. The largest absolute Gasteiger partial charge is 0.493 e.